The van der Waals surface area contributed by atoms with Crippen LogP contribution in [-0.4, -0.2) is 23.8 Å². The summed E-state index contributed by atoms with van der Waals surface area (Å²) in [4.78, 5) is 12.2. The molecule has 0 radical (unpaired) electrons. The van der Waals surface area contributed by atoms with Gasteiger partial charge in [-0.2, -0.15) is 14.6 Å². The molecule has 2 aromatic carbocycles. The van der Waals surface area contributed by atoms with Gasteiger partial charge in [-0.15, -0.1) is 0 Å². The van der Waals surface area contributed by atoms with Gasteiger partial charge in [0.25, 0.3) is 22.6 Å². The van der Waals surface area contributed by atoms with E-state index in [9.17, 15) is 20.3 Å². The van der Waals surface area contributed by atoms with Gasteiger partial charge in [0, 0.05) is 13.0 Å². The number of aromatic hydroxyl groups is 1. The summed E-state index contributed by atoms with van der Waals surface area (Å²) < 4.78 is 6.32. The molecule has 0 bridgehead atoms. The van der Waals surface area contributed by atoms with Crippen LogP contribution < -0.4 is 19.6 Å². The van der Waals surface area contributed by atoms with E-state index in [1.165, 1.54) is 45.2 Å². The zero-order chi connectivity index (χ0) is 20.4. The third kappa shape index (κ3) is 3.25. The van der Waals surface area contributed by atoms with Gasteiger partial charge in [-0.1, -0.05) is 12.1 Å². The lowest BCUT2D eigenvalue weighted by molar-refractivity contribution is -0.634. The van der Waals surface area contributed by atoms with E-state index in [0.29, 0.717) is 15.2 Å². The number of amides is 1. The molecular weight excluding hydrogens is 364 g/mol. The van der Waals surface area contributed by atoms with Gasteiger partial charge in [0.15, 0.2) is 0 Å². The van der Waals surface area contributed by atoms with Crippen molar-refractivity contribution in [3.63, 3.8) is 0 Å². The molecule has 3 aromatic rings. The second-order valence-electron chi connectivity index (χ2n) is 6.03. The normalized spacial score (nSPS) is 11.5. The number of benzene rings is 2. The van der Waals surface area contributed by atoms with Gasteiger partial charge >= 0.3 is 5.69 Å². The largest absolute Gasteiger partial charge is 0.618 e. The molecule has 2 N–H and O–H groups in total. The number of aromatic nitrogens is 2. The van der Waals surface area contributed by atoms with E-state index >= 15 is 0 Å². The molecule has 1 heterocycles. The minimum Gasteiger partial charge on any atom is -0.618 e. The SMILES string of the molecule is COc1ccc2c(c1)[n+]([O-])c(/C(C)=N/NC(=O)c1ccccc1O)c(C)[n+]2[O-]. The van der Waals surface area contributed by atoms with Gasteiger partial charge in [0.05, 0.1) is 18.7 Å². The summed E-state index contributed by atoms with van der Waals surface area (Å²) in [6.45, 7) is 2.98. The predicted octanol–water partition coefficient (Wildman–Crippen LogP) is 1.28. The van der Waals surface area contributed by atoms with Crippen molar-refractivity contribution in [3.05, 3.63) is 69.8 Å². The second kappa shape index (κ2) is 7.39. The predicted molar refractivity (Wildman–Crippen MR) is 101 cm³/mol. The molecule has 0 spiro atoms. The molecule has 1 amide bonds. The number of ether oxygens (including phenoxy) is 1. The fourth-order valence-corrected chi connectivity index (χ4v) is 2.83. The number of nitrogens with one attached hydrogen (secondary N) is 1. The van der Waals surface area contributed by atoms with Gasteiger partial charge in [-0.05, 0) is 25.1 Å². The van der Waals surface area contributed by atoms with Crippen molar-refractivity contribution in [2.24, 2.45) is 5.10 Å². The Bertz CT molecular complexity index is 1110. The first-order valence-corrected chi connectivity index (χ1v) is 8.31. The fourth-order valence-electron chi connectivity index (χ4n) is 2.83. The van der Waals surface area contributed by atoms with Crippen molar-refractivity contribution >= 4 is 22.7 Å². The number of hydrogen-bond donors (Lipinski definition) is 2. The maximum absolute atomic E-state index is 12.9. The summed E-state index contributed by atoms with van der Waals surface area (Å²) in [7, 11) is 1.46. The van der Waals surface area contributed by atoms with Gasteiger partial charge in [-0.3, -0.25) is 4.79 Å². The first-order valence-electron chi connectivity index (χ1n) is 8.31. The first kappa shape index (κ1) is 18.9. The van der Waals surface area contributed by atoms with Crippen LogP contribution in [0.4, 0.5) is 0 Å². The standard InChI is InChI=1S/C19H18N4O5/c1-11(20-21-19(25)14-6-4-5-7-17(14)24)18-12(2)22(26)15-9-8-13(28-3)10-16(15)23(18)27/h4-10,24H,1-3H3,(H,21,25)/b20-11+. The highest BCUT2D eigenvalue weighted by molar-refractivity contribution is 6.00. The first-order chi connectivity index (χ1) is 13.3. The Morgan fingerprint density at radius 3 is 2.54 bits per heavy atom. The van der Waals surface area contributed by atoms with Crippen LogP contribution in [0.5, 0.6) is 11.5 Å². The lowest BCUT2D eigenvalue weighted by atomic mass is 10.2. The van der Waals surface area contributed by atoms with Crippen LogP contribution in [0.25, 0.3) is 11.0 Å². The van der Waals surface area contributed by atoms with E-state index in [0.717, 1.165) is 0 Å². The third-order valence-electron chi connectivity index (χ3n) is 4.29. The van der Waals surface area contributed by atoms with E-state index < -0.39 is 5.91 Å². The Morgan fingerprint density at radius 1 is 1.14 bits per heavy atom. The Balaban J connectivity index is 2.03. The maximum Gasteiger partial charge on any atom is 0.308 e. The van der Waals surface area contributed by atoms with E-state index in [2.05, 4.69) is 10.5 Å². The topological polar surface area (TPSA) is 125 Å². The number of carbonyl (C=O) groups is 1. The van der Waals surface area contributed by atoms with E-state index in [1.54, 1.807) is 18.2 Å². The van der Waals surface area contributed by atoms with Crippen molar-refractivity contribution in [2.75, 3.05) is 7.11 Å². The molecule has 144 valence electrons. The fraction of sp³-hybridized carbons (Fsp3) is 0.158. The van der Waals surface area contributed by atoms with Crippen LogP contribution in [0.2, 0.25) is 0 Å². The number of para-hydroxylation sites is 1. The summed E-state index contributed by atoms with van der Waals surface area (Å²) in [6, 6.07) is 10.5. The lowest BCUT2D eigenvalue weighted by Crippen LogP contribution is -2.46. The van der Waals surface area contributed by atoms with Gasteiger partial charge < -0.3 is 20.3 Å². The number of phenolic OH excluding ortho intramolecular Hbond substituents is 1. The molecule has 9 nitrogen and oxygen atoms in total. The van der Waals surface area contributed by atoms with Gasteiger partial charge in [0.1, 0.15) is 17.2 Å². The van der Waals surface area contributed by atoms with Crippen LogP contribution in [0, 0.1) is 17.3 Å². The molecule has 1 aromatic heterocycles. The number of methoxy groups -OCH3 is 1. The Labute approximate surface area is 160 Å². The molecule has 0 aliphatic rings. The average molecular weight is 382 g/mol. The highest BCUT2D eigenvalue weighted by Crippen LogP contribution is 2.18. The quantitative estimate of drug-likeness (QED) is 0.304. The monoisotopic (exact) mass is 382 g/mol. The third-order valence-corrected chi connectivity index (χ3v) is 4.29. The number of nitrogens with zero attached hydrogens (tertiary/aromatic N) is 3. The molecule has 0 aliphatic heterocycles. The molecule has 0 saturated heterocycles. The number of phenols is 1. The molecule has 0 unspecified atom stereocenters. The van der Waals surface area contributed by atoms with Crippen molar-refractivity contribution in [1.29, 1.82) is 0 Å². The minimum absolute atomic E-state index is 0.00772. The number of hydrazone groups is 1. The average Bonchev–Trinajstić information content (AvgIpc) is 2.70. The Hall–Kier alpha value is -3.88. The second-order valence-corrected chi connectivity index (χ2v) is 6.03. The number of hydrogen-bond acceptors (Lipinski definition) is 6. The van der Waals surface area contributed by atoms with Crippen molar-refractivity contribution in [3.8, 4) is 11.5 Å². The van der Waals surface area contributed by atoms with Crippen molar-refractivity contribution in [1.82, 2.24) is 5.43 Å². The van der Waals surface area contributed by atoms with Crippen LogP contribution in [0.3, 0.4) is 0 Å². The van der Waals surface area contributed by atoms with E-state index in [4.69, 9.17) is 4.74 Å². The van der Waals surface area contributed by atoms with Crippen molar-refractivity contribution < 1.29 is 24.1 Å². The molecule has 9 heteroatoms. The van der Waals surface area contributed by atoms with Crippen LogP contribution in [0.15, 0.2) is 47.6 Å². The van der Waals surface area contributed by atoms with E-state index in [-0.39, 0.29) is 39.4 Å². The molecule has 0 aliphatic carbocycles. The van der Waals surface area contributed by atoms with Crippen LogP contribution >= 0.6 is 0 Å². The summed E-state index contributed by atoms with van der Waals surface area (Å²) in [5.41, 5.74) is 2.88. The minimum atomic E-state index is -0.648. The van der Waals surface area contributed by atoms with Crippen molar-refractivity contribution in [2.45, 2.75) is 13.8 Å². The maximum atomic E-state index is 12.9. The number of fused-ring (bicyclic) bond motifs is 1. The number of carbonyl (C=O) groups excluding carboxylic acids is 1. The highest BCUT2D eigenvalue weighted by atomic mass is 16.5. The Morgan fingerprint density at radius 2 is 1.86 bits per heavy atom. The van der Waals surface area contributed by atoms with Crippen LogP contribution in [-0.2, 0) is 0 Å². The molecule has 0 saturated carbocycles. The smallest absolute Gasteiger partial charge is 0.308 e. The molecular formula is C19H18N4O5. The Kier molecular flexibility index (Phi) is 4.99. The summed E-state index contributed by atoms with van der Waals surface area (Å²) in [5, 5.41) is 39.1. The summed E-state index contributed by atoms with van der Waals surface area (Å²) in [5.74, 6) is -0.419. The summed E-state index contributed by atoms with van der Waals surface area (Å²) in [6.07, 6.45) is 0. The zero-order valence-electron chi connectivity index (χ0n) is 15.5. The summed E-state index contributed by atoms with van der Waals surface area (Å²) >= 11 is 0. The molecule has 28 heavy (non-hydrogen) atoms. The molecule has 0 atom stereocenters. The van der Waals surface area contributed by atoms with Crippen LogP contribution in [0.1, 0.15) is 28.7 Å². The van der Waals surface area contributed by atoms with Gasteiger partial charge in [0.2, 0.25) is 0 Å². The lowest BCUT2D eigenvalue weighted by Gasteiger charge is -2.11. The highest BCUT2D eigenvalue weighted by Gasteiger charge is 2.28. The molecule has 0 fully saturated rings. The zero-order valence-corrected chi connectivity index (χ0v) is 15.5. The van der Waals surface area contributed by atoms with Gasteiger partial charge in [-0.25, -0.2) is 5.43 Å². The molecule has 3 rings (SSSR count). The van der Waals surface area contributed by atoms with E-state index in [1.807, 2.05) is 0 Å². The number of rotatable bonds is 4.